The van der Waals surface area contributed by atoms with E-state index in [2.05, 4.69) is 9.72 Å². The second-order valence-corrected chi connectivity index (χ2v) is 2.81. The molecule has 6 nitrogen and oxygen atoms in total. The normalized spacial score (nSPS) is 11.1. The standard InChI is InChI=1S/C8H5F3N2O4/c1-17-7(14)6-4(8(9,10)11)2-3-5(12-6)13(15)16/h2-3H,1H3. The van der Waals surface area contributed by atoms with Gasteiger partial charge < -0.3 is 14.9 Å². The van der Waals surface area contributed by atoms with E-state index < -0.39 is 34.1 Å². The molecule has 0 saturated heterocycles. The number of halogens is 3. The number of alkyl halides is 3. The molecule has 0 aromatic carbocycles. The first-order chi connectivity index (χ1) is 7.77. The smallest absolute Gasteiger partial charge is 0.420 e. The van der Waals surface area contributed by atoms with Crippen LogP contribution < -0.4 is 0 Å². The largest absolute Gasteiger partial charge is 0.463 e. The first-order valence-corrected chi connectivity index (χ1v) is 4.08. The van der Waals surface area contributed by atoms with E-state index in [1.54, 1.807) is 0 Å². The molecule has 17 heavy (non-hydrogen) atoms. The number of hydrogen-bond acceptors (Lipinski definition) is 5. The van der Waals surface area contributed by atoms with Gasteiger partial charge in [0.1, 0.15) is 5.56 Å². The van der Waals surface area contributed by atoms with Crippen molar-refractivity contribution in [3.8, 4) is 0 Å². The van der Waals surface area contributed by atoms with Gasteiger partial charge in [-0.2, -0.15) is 13.2 Å². The average Bonchev–Trinajstić information content (AvgIpc) is 2.25. The Morgan fingerprint density at radius 3 is 2.47 bits per heavy atom. The van der Waals surface area contributed by atoms with Gasteiger partial charge in [-0.05, 0) is 16.0 Å². The van der Waals surface area contributed by atoms with E-state index in [9.17, 15) is 28.1 Å². The second-order valence-electron chi connectivity index (χ2n) is 2.81. The number of carbonyl (C=O) groups excluding carboxylic acids is 1. The summed E-state index contributed by atoms with van der Waals surface area (Å²) in [6.45, 7) is 0. The van der Waals surface area contributed by atoms with Crippen LogP contribution >= 0.6 is 0 Å². The maximum atomic E-state index is 12.5. The Kier molecular flexibility index (Phi) is 3.30. The number of carbonyl (C=O) groups is 1. The lowest BCUT2D eigenvalue weighted by molar-refractivity contribution is -0.389. The van der Waals surface area contributed by atoms with Gasteiger partial charge in [0.05, 0.1) is 7.11 Å². The SMILES string of the molecule is COC(=O)c1nc([N+](=O)[O-])ccc1C(F)(F)F. The van der Waals surface area contributed by atoms with Crippen molar-refractivity contribution in [1.29, 1.82) is 0 Å². The zero-order chi connectivity index (χ0) is 13.2. The van der Waals surface area contributed by atoms with Crippen LogP contribution in [0, 0.1) is 10.1 Å². The number of nitro groups is 1. The molecule has 0 spiro atoms. The summed E-state index contributed by atoms with van der Waals surface area (Å²) in [4.78, 5) is 23.4. The number of nitrogens with zero attached hydrogens (tertiary/aromatic N) is 2. The van der Waals surface area contributed by atoms with Crippen molar-refractivity contribution in [2.75, 3.05) is 7.11 Å². The maximum Gasteiger partial charge on any atom is 0.420 e. The summed E-state index contributed by atoms with van der Waals surface area (Å²) >= 11 is 0. The van der Waals surface area contributed by atoms with E-state index in [1.165, 1.54) is 0 Å². The number of ether oxygens (including phenoxy) is 1. The molecule has 0 radical (unpaired) electrons. The number of aromatic nitrogens is 1. The number of methoxy groups -OCH3 is 1. The zero-order valence-corrected chi connectivity index (χ0v) is 8.32. The van der Waals surface area contributed by atoms with Crippen molar-refractivity contribution in [3.05, 3.63) is 33.5 Å². The molecule has 0 amide bonds. The monoisotopic (exact) mass is 250 g/mol. The third kappa shape index (κ3) is 2.68. The molecule has 0 aliphatic heterocycles. The molecular formula is C8H5F3N2O4. The minimum absolute atomic E-state index is 0.414. The summed E-state index contributed by atoms with van der Waals surface area (Å²) < 4.78 is 41.5. The number of pyridine rings is 1. The topological polar surface area (TPSA) is 82.3 Å². The molecule has 0 fully saturated rings. The Morgan fingerprint density at radius 1 is 1.47 bits per heavy atom. The predicted octanol–water partition coefficient (Wildman–Crippen LogP) is 1.80. The summed E-state index contributed by atoms with van der Waals surface area (Å²) in [5, 5.41) is 10.3. The molecule has 0 atom stereocenters. The highest BCUT2D eigenvalue weighted by atomic mass is 19.4. The molecule has 92 valence electrons. The van der Waals surface area contributed by atoms with Crippen molar-refractivity contribution < 1.29 is 27.6 Å². The highest BCUT2D eigenvalue weighted by molar-refractivity contribution is 5.89. The molecule has 0 aliphatic rings. The van der Waals surface area contributed by atoms with Crippen LogP contribution in [0.1, 0.15) is 16.1 Å². The van der Waals surface area contributed by atoms with Crippen LogP contribution in [0.2, 0.25) is 0 Å². The lowest BCUT2D eigenvalue weighted by Gasteiger charge is -2.07. The van der Waals surface area contributed by atoms with Gasteiger partial charge in [-0.25, -0.2) is 4.79 Å². The molecule has 1 heterocycles. The van der Waals surface area contributed by atoms with Crippen LogP contribution in [-0.4, -0.2) is 23.0 Å². The van der Waals surface area contributed by atoms with Crippen molar-refractivity contribution in [2.45, 2.75) is 6.18 Å². The van der Waals surface area contributed by atoms with Gasteiger partial charge in [0, 0.05) is 6.07 Å². The Morgan fingerprint density at radius 2 is 2.06 bits per heavy atom. The fourth-order valence-electron chi connectivity index (χ4n) is 1.03. The Labute approximate surface area is 92.2 Å². The lowest BCUT2D eigenvalue weighted by Crippen LogP contribution is -2.16. The van der Waals surface area contributed by atoms with E-state index in [-0.39, 0.29) is 0 Å². The number of rotatable bonds is 2. The van der Waals surface area contributed by atoms with E-state index in [0.29, 0.717) is 12.1 Å². The Hall–Kier alpha value is -2.19. The van der Waals surface area contributed by atoms with E-state index in [1.807, 2.05) is 0 Å². The summed E-state index contributed by atoms with van der Waals surface area (Å²) in [5.41, 5.74) is -2.51. The fourth-order valence-corrected chi connectivity index (χ4v) is 1.03. The number of esters is 1. The van der Waals surface area contributed by atoms with Crippen molar-refractivity contribution >= 4 is 11.8 Å². The third-order valence-corrected chi connectivity index (χ3v) is 1.75. The quantitative estimate of drug-likeness (QED) is 0.454. The molecule has 1 aromatic rings. The van der Waals surface area contributed by atoms with Crippen LogP contribution in [0.4, 0.5) is 19.0 Å². The summed E-state index contributed by atoms with van der Waals surface area (Å²) in [6.07, 6.45) is -4.84. The Balaban J connectivity index is 3.42. The Bertz CT molecular complexity index is 472. The molecule has 0 saturated carbocycles. The summed E-state index contributed by atoms with van der Waals surface area (Å²) in [5.74, 6) is -2.25. The van der Waals surface area contributed by atoms with E-state index in [4.69, 9.17) is 0 Å². The number of hydrogen-bond donors (Lipinski definition) is 0. The van der Waals surface area contributed by atoms with Gasteiger partial charge >= 0.3 is 18.0 Å². The van der Waals surface area contributed by atoms with Gasteiger partial charge in [0.15, 0.2) is 0 Å². The van der Waals surface area contributed by atoms with E-state index in [0.717, 1.165) is 7.11 Å². The molecule has 1 aromatic heterocycles. The van der Waals surface area contributed by atoms with E-state index >= 15 is 0 Å². The molecule has 0 aliphatic carbocycles. The van der Waals surface area contributed by atoms with Crippen LogP contribution in [-0.2, 0) is 10.9 Å². The van der Waals surface area contributed by atoms with Gasteiger partial charge in [0.2, 0.25) is 0 Å². The summed E-state index contributed by atoms with van der Waals surface area (Å²) in [6, 6.07) is 0.979. The first-order valence-electron chi connectivity index (χ1n) is 4.08. The first kappa shape index (κ1) is 12.9. The molecule has 0 bridgehead atoms. The minimum Gasteiger partial charge on any atom is -0.463 e. The average molecular weight is 250 g/mol. The van der Waals surface area contributed by atoms with Gasteiger partial charge in [0.25, 0.3) is 5.69 Å². The molecule has 0 unspecified atom stereocenters. The maximum absolute atomic E-state index is 12.5. The van der Waals surface area contributed by atoms with Crippen LogP contribution in [0.3, 0.4) is 0 Å². The lowest BCUT2D eigenvalue weighted by atomic mass is 10.2. The third-order valence-electron chi connectivity index (χ3n) is 1.75. The molecule has 0 N–H and O–H groups in total. The second kappa shape index (κ2) is 4.36. The van der Waals surface area contributed by atoms with Gasteiger partial charge in [-0.15, -0.1) is 0 Å². The highest BCUT2D eigenvalue weighted by Gasteiger charge is 2.40. The fraction of sp³-hybridized carbons (Fsp3) is 0.250. The van der Waals surface area contributed by atoms with Crippen molar-refractivity contribution in [1.82, 2.24) is 4.98 Å². The predicted molar refractivity (Wildman–Crippen MR) is 47.2 cm³/mol. The molecule has 9 heteroatoms. The summed E-state index contributed by atoms with van der Waals surface area (Å²) in [7, 11) is 0.850. The van der Waals surface area contributed by atoms with Gasteiger partial charge in [-0.1, -0.05) is 0 Å². The minimum atomic E-state index is -4.84. The van der Waals surface area contributed by atoms with Crippen LogP contribution in [0.5, 0.6) is 0 Å². The zero-order valence-electron chi connectivity index (χ0n) is 8.32. The molecule has 1 rings (SSSR count). The van der Waals surface area contributed by atoms with Crippen LogP contribution in [0.15, 0.2) is 12.1 Å². The van der Waals surface area contributed by atoms with Gasteiger partial charge in [-0.3, -0.25) is 0 Å². The highest BCUT2D eigenvalue weighted by Crippen LogP contribution is 2.32. The molecular weight excluding hydrogens is 245 g/mol. The van der Waals surface area contributed by atoms with Crippen LogP contribution in [0.25, 0.3) is 0 Å². The van der Waals surface area contributed by atoms with Crippen molar-refractivity contribution in [2.24, 2.45) is 0 Å². The van der Waals surface area contributed by atoms with Crippen molar-refractivity contribution in [3.63, 3.8) is 0 Å².